The Bertz CT molecular complexity index is 982. The predicted molar refractivity (Wildman–Crippen MR) is 99.9 cm³/mol. The van der Waals surface area contributed by atoms with E-state index in [0.29, 0.717) is 5.56 Å². The summed E-state index contributed by atoms with van der Waals surface area (Å²) >= 11 is 0. The van der Waals surface area contributed by atoms with Crippen molar-refractivity contribution in [2.75, 3.05) is 13.7 Å². The molecule has 2 aromatic carbocycles. The van der Waals surface area contributed by atoms with Gasteiger partial charge in [0.1, 0.15) is 5.41 Å². The van der Waals surface area contributed by atoms with Gasteiger partial charge in [0.2, 0.25) is 10.0 Å². The largest absolute Gasteiger partial charge is 0.468 e. The average molecular weight is 387 g/mol. The lowest BCUT2D eigenvalue weighted by Gasteiger charge is -2.24. The molecule has 0 unspecified atom stereocenters. The first-order valence-corrected chi connectivity index (χ1v) is 10.1. The van der Waals surface area contributed by atoms with Crippen molar-refractivity contribution < 1.29 is 22.7 Å². The second-order valence-electron chi connectivity index (χ2n) is 6.70. The van der Waals surface area contributed by atoms with Gasteiger partial charge >= 0.3 is 5.97 Å². The van der Waals surface area contributed by atoms with Gasteiger partial charge in [0, 0.05) is 12.1 Å². The van der Waals surface area contributed by atoms with Crippen LogP contribution in [0.3, 0.4) is 0 Å². The highest BCUT2D eigenvalue weighted by atomic mass is 32.2. The van der Waals surface area contributed by atoms with Crippen molar-refractivity contribution in [3.05, 3.63) is 65.2 Å². The van der Waals surface area contributed by atoms with E-state index in [1.54, 1.807) is 36.4 Å². The number of hydrogen-bond acceptors (Lipinski definition) is 5. The number of benzene rings is 2. The summed E-state index contributed by atoms with van der Waals surface area (Å²) in [5.74, 6) is -0.960. The third-order valence-corrected chi connectivity index (χ3v) is 6.42. The minimum Gasteiger partial charge on any atom is -0.468 e. The summed E-state index contributed by atoms with van der Waals surface area (Å²) in [4.78, 5) is 25.5. The van der Waals surface area contributed by atoms with Gasteiger partial charge in [-0.05, 0) is 37.5 Å². The number of carbonyl (C=O) groups is 2. The molecule has 0 amide bonds. The van der Waals surface area contributed by atoms with E-state index >= 15 is 0 Å². The topological polar surface area (TPSA) is 89.5 Å². The molecule has 0 bridgehead atoms. The standard InChI is InChI=1S/C20H21NO5S/c1-14-7-9-16(10-8-14)27(24,25)21-12-11-20(19(23)26-2)13-15-5-3-4-6-17(15)18(20)22/h3-10,21H,11-13H2,1-2H3/t20-/m1/s1. The van der Waals surface area contributed by atoms with E-state index in [9.17, 15) is 18.0 Å². The van der Waals surface area contributed by atoms with Gasteiger partial charge in [-0.25, -0.2) is 13.1 Å². The Morgan fingerprint density at radius 2 is 1.81 bits per heavy atom. The van der Waals surface area contributed by atoms with Gasteiger partial charge in [0.05, 0.1) is 12.0 Å². The van der Waals surface area contributed by atoms with Gasteiger partial charge in [-0.15, -0.1) is 0 Å². The first-order chi connectivity index (χ1) is 12.8. The molecule has 0 heterocycles. The van der Waals surface area contributed by atoms with Crippen LogP contribution in [0.25, 0.3) is 0 Å². The molecule has 0 saturated heterocycles. The number of hydrogen-bond donors (Lipinski definition) is 1. The number of aryl methyl sites for hydroxylation is 1. The monoisotopic (exact) mass is 387 g/mol. The molecule has 1 N–H and O–H groups in total. The molecule has 0 fully saturated rings. The number of esters is 1. The molecule has 2 aromatic rings. The maximum Gasteiger partial charge on any atom is 0.320 e. The number of ketones is 1. The minimum atomic E-state index is -3.73. The molecular formula is C20H21NO5S. The molecule has 1 aliphatic carbocycles. The molecule has 7 heteroatoms. The molecule has 0 aromatic heterocycles. The Balaban J connectivity index is 1.79. The highest BCUT2D eigenvalue weighted by Gasteiger charge is 2.52. The molecular weight excluding hydrogens is 366 g/mol. The summed E-state index contributed by atoms with van der Waals surface area (Å²) in [6, 6.07) is 13.5. The smallest absolute Gasteiger partial charge is 0.320 e. The first kappa shape index (κ1) is 19.3. The lowest BCUT2D eigenvalue weighted by Crippen LogP contribution is -2.41. The van der Waals surface area contributed by atoms with Crippen LogP contribution in [0.1, 0.15) is 27.9 Å². The zero-order valence-electron chi connectivity index (χ0n) is 15.2. The van der Waals surface area contributed by atoms with Gasteiger partial charge in [0.15, 0.2) is 5.78 Å². The molecule has 0 saturated carbocycles. The number of fused-ring (bicyclic) bond motifs is 1. The molecule has 0 radical (unpaired) electrons. The summed E-state index contributed by atoms with van der Waals surface area (Å²) in [6.45, 7) is 1.82. The van der Waals surface area contributed by atoms with Crippen LogP contribution in [0, 0.1) is 12.3 Å². The van der Waals surface area contributed by atoms with Crippen LogP contribution < -0.4 is 4.72 Å². The lowest BCUT2D eigenvalue weighted by atomic mass is 9.80. The number of ether oxygens (including phenoxy) is 1. The van der Waals surface area contributed by atoms with Crippen molar-refractivity contribution in [3.63, 3.8) is 0 Å². The van der Waals surface area contributed by atoms with Crippen molar-refractivity contribution in [2.45, 2.75) is 24.7 Å². The normalized spacial score (nSPS) is 19.0. The van der Waals surface area contributed by atoms with E-state index in [2.05, 4.69) is 4.72 Å². The van der Waals surface area contributed by atoms with Gasteiger partial charge in [-0.3, -0.25) is 9.59 Å². The van der Waals surface area contributed by atoms with Crippen molar-refractivity contribution in [1.82, 2.24) is 4.72 Å². The number of methoxy groups -OCH3 is 1. The number of rotatable bonds is 6. The maximum atomic E-state index is 12.9. The molecule has 142 valence electrons. The summed E-state index contributed by atoms with van der Waals surface area (Å²) in [7, 11) is -2.49. The van der Waals surface area contributed by atoms with Crippen LogP contribution in [0.2, 0.25) is 0 Å². The number of sulfonamides is 1. The van der Waals surface area contributed by atoms with Crippen LogP contribution >= 0.6 is 0 Å². The second-order valence-corrected chi connectivity index (χ2v) is 8.46. The third kappa shape index (κ3) is 3.52. The Kier molecular flexibility index (Phi) is 5.17. The number of Topliss-reactive ketones (excluding diaryl/α,β-unsaturated/α-hetero) is 1. The van der Waals surface area contributed by atoms with E-state index in [1.807, 2.05) is 6.92 Å². The van der Waals surface area contributed by atoms with Crippen LogP contribution in [0.4, 0.5) is 0 Å². The fraction of sp³-hybridized carbons (Fsp3) is 0.300. The third-order valence-electron chi connectivity index (χ3n) is 4.94. The average Bonchev–Trinajstić information content (AvgIpc) is 2.94. The SMILES string of the molecule is COC(=O)[C@]1(CCNS(=O)(=O)c2ccc(C)cc2)Cc2ccccc2C1=O. The fourth-order valence-electron chi connectivity index (χ4n) is 3.42. The molecule has 1 atom stereocenters. The van der Waals surface area contributed by atoms with Gasteiger partial charge in [0.25, 0.3) is 0 Å². The second kappa shape index (κ2) is 7.25. The molecule has 6 nitrogen and oxygen atoms in total. The van der Waals surface area contributed by atoms with Crippen molar-refractivity contribution in [3.8, 4) is 0 Å². The quantitative estimate of drug-likeness (QED) is 0.607. The Hall–Kier alpha value is -2.51. The molecule has 1 aliphatic rings. The zero-order valence-corrected chi connectivity index (χ0v) is 16.0. The van der Waals surface area contributed by atoms with E-state index in [-0.39, 0.29) is 30.1 Å². The van der Waals surface area contributed by atoms with Crippen LogP contribution in [-0.4, -0.2) is 33.8 Å². The first-order valence-electron chi connectivity index (χ1n) is 8.58. The van der Waals surface area contributed by atoms with Crippen molar-refractivity contribution in [2.24, 2.45) is 5.41 Å². The van der Waals surface area contributed by atoms with Gasteiger partial charge < -0.3 is 4.74 Å². The Morgan fingerprint density at radius 1 is 1.15 bits per heavy atom. The molecule has 0 aliphatic heterocycles. The van der Waals surface area contributed by atoms with E-state index < -0.39 is 21.4 Å². The number of nitrogens with one attached hydrogen (secondary N) is 1. The predicted octanol–water partition coefficient (Wildman–Crippen LogP) is 2.26. The van der Waals surface area contributed by atoms with Crippen molar-refractivity contribution >= 4 is 21.8 Å². The van der Waals surface area contributed by atoms with E-state index in [0.717, 1.165) is 11.1 Å². The van der Waals surface area contributed by atoms with Crippen LogP contribution in [-0.2, 0) is 26.0 Å². The van der Waals surface area contributed by atoms with E-state index in [4.69, 9.17) is 4.74 Å². The summed E-state index contributed by atoms with van der Waals surface area (Å²) in [5.41, 5.74) is 0.820. The van der Waals surface area contributed by atoms with Crippen molar-refractivity contribution in [1.29, 1.82) is 0 Å². The lowest BCUT2D eigenvalue weighted by molar-refractivity contribution is -0.149. The minimum absolute atomic E-state index is 0.0261. The maximum absolute atomic E-state index is 12.9. The van der Waals surface area contributed by atoms with Gasteiger partial charge in [-0.2, -0.15) is 0 Å². The summed E-state index contributed by atoms with van der Waals surface area (Å²) in [6.07, 6.45) is 0.235. The van der Waals surface area contributed by atoms with Crippen LogP contribution in [0.15, 0.2) is 53.4 Å². The highest BCUT2D eigenvalue weighted by molar-refractivity contribution is 7.89. The molecule has 27 heavy (non-hydrogen) atoms. The number of carbonyl (C=O) groups excluding carboxylic acids is 2. The Morgan fingerprint density at radius 3 is 2.44 bits per heavy atom. The fourth-order valence-corrected chi connectivity index (χ4v) is 4.45. The van der Waals surface area contributed by atoms with Gasteiger partial charge in [-0.1, -0.05) is 42.0 Å². The zero-order chi connectivity index (χ0) is 19.7. The summed E-state index contributed by atoms with van der Waals surface area (Å²) in [5, 5.41) is 0. The van der Waals surface area contributed by atoms with Crippen LogP contribution in [0.5, 0.6) is 0 Å². The molecule has 3 rings (SSSR count). The summed E-state index contributed by atoms with van der Waals surface area (Å²) < 4.78 is 32.3. The highest BCUT2D eigenvalue weighted by Crippen LogP contribution is 2.40. The Labute approximate surface area is 158 Å². The van der Waals surface area contributed by atoms with E-state index in [1.165, 1.54) is 19.2 Å². The molecule has 0 spiro atoms.